The molecule has 0 fully saturated rings. The zero-order valence-electron chi connectivity index (χ0n) is 9.90. The normalized spacial score (nSPS) is 12.6. The molecule has 0 saturated carbocycles. The molecule has 0 aromatic carbocycles. The molecule has 0 aliphatic rings. The maximum absolute atomic E-state index is 13.0. The molecule has 1 atom stereocenters. The van der Waals surface area contributed by atoms with Gasteiger partial charge in [0.25, 0.3) is 0 Å². The minimum atomic E-state index is -0.364. The third-order valence-corrected chi connectivity index (χ3v) is 2.53. The summed E-state index contributed by atoms with van der Waals surface area (Å²) in [6.45, 7) is 2.86. The van der Waals surface area contributed by atoms with Gasteiger partial charge in [-0.1, -0.05) is 0 Å². The molecule has 16 heavy (non-hydrogen) atoms. The first kappa shape index (κ1) is 12.9. The maximum atomic E-state index is 13.0. The van der Waals surface area contributed by atoms with Gasteiger partial charge in [-0.05, 0) is 13.0 Å². The van der Waals surface area contributed by atoms with Crippen molar-refractivity contribution in [2.45, 2.75) is 19.5 Å². The van der Waals surface area contributed by atoms with Crippen LogP contribution in [0, 0.1) is 5.82 Å². The van der Waals surface area contributed by atoms with E-state index in [0.717, 1.165) is 0 Å². The number of methoxy groups -OCH3 is 1. The van der Waals surface area contributed by atoms with Crippen LogP contribution in [-0.4, -0.2) is 31.8 Å². The number of ether oxygens (including phenoxy) is 1. The lowest BCUT2D eigenvalue weighted by molar-refractivity contribution is 0.183. The zero-order valence-corrected chi connectivity index (χ0v) is 9.90. The molecule has 0 aliphatic carbocycles. The van der Waals surface area contributed by atoms with Gasteiger partial charge in [0.15, 0.2) is 0 Å². The molecule has 1 aromatic heterocycles. The van der Waals surface area contributed by atoms with E-state index in [0.29, 0.717) is 18.0 Å². The van der Waals surface area contributed by atoms with Crippen LogP contribution in [0.1, 0.15) is 12.5 Å². The van der Waals surface area contributed by atoms with Gasteiger partial charge < -0.3 is 15.4 Å². The third-order valence-electron chi connectivity index (χ3n) is 2.53. The third kappa shape index (κ3) is 2.90. The first-order valence-corrected chi connectivity index (χ1v) is 5.16. The van der Waals surface area contributed by atoms with Gasteiger partial charge >= 0.3 is 0 Å². The summed E-state index contributed by atoms with van der Waals surface area (Å²) in [4.78, 5) is 6.00. The van der Waals surface area contributed by atoms with Crippen molar-refractivity contribution in [3.63, 3.8) is 0 Å². The van der Waals surface area contributed by atoms with Gasteiger partial charge in [-0.2, -0.15) is 0 Å². The predicted molar refractivity (Wildman–Crippen MR) is 61.8 cm³/mol. The fourth-order valence-electron chi connectivity index (χ4n) is 1.50. The van der Waals surface area contributed by atoms with Crippen molar-refractivity contribution in [3.8, 4) is 0 Å². The Labute approximate surface area is 95.2 Å². The van der Waals surface area contributed by atoms with Gasteiger partial charge in [0.2, 0.25) is 0 Å². The number of nitrogens with zero attached hydrogens (tertiary/aromatic N) is 2. The van der Waals surface area contributed by atoms with Crippen LogP contribution in [-0.2, 0) is 11.3 Å². The van der Waals surface area contributed by atoms with E-state index >= 15 is 0 Å². The number of likely N-dealkylation sites (N-methyl/N-ethyl adjacent to an activating group) is 1. The molecular weight excluding hydrogens is 209 g/mol. The number of aromatic nitrogens is 1. The van der Waals surface area contributed by atoms with E-state index in [-0.39, 0.29) is 18.4 Å². The number of hydrogen-bond acceptors (Lipinski definition) is 4. The first-order valence-electron chi connectivity index (χ1n) is 5.16. The van der Waals surface area contributed by atoms with E-state index < -0.39 is 0 Å². The highest BCUT2D eigenvalue weighted by Gasteiger charge is 2.14. The SMILES string of the molecule is COCC(C)N(C)c1ncc(F)cc1CN. The Morgan fingerprint density at radius 2 is 2.31 bits per heavy atom. The standard InChI is InChI=1S/C11H18FN3O/c1-8(7-16-3)15(2)11-9(5-13)4-10(12)6-14-11/h4,6,8H,5,7,13H2,1-3H3. The minimum Gasteiger partial charge on any atom is -0.383 e. The molecule has 1 heterocycles. The quantitative estimate of drug-likeness (QED) is 0.820. The lowest BCUT2D eigenvalue weighted by atomic mass is 10.2. The Morgan fingerprint density at radius 3 is 2.88 bits per heavy atom. The van der Waals surface area contributed by atoms with Gasteiger partial charge in [0.1, 0.15) is 11.6 Å². The number of hydrogen-bond donors (Lipinski definition) is 1. The summed E-state index contributed by atoms with van der Waals surface area (Å²) in [5.74, 6) is 0.338. The topological polar surface area (TPSA) is 51.4 Å². The fourth-order valence-corrected chi connectivity index (χ4v) is 1.50. The predicted octanol–water partition coefficient (Wildman–Crippen LogP) is 1.15. The van der Waals surface area contributed by atoms with E-state index in [2.05, 4.69) is 4.98 Å². The van der Waals surface area contributed by atoms with E-state index in [4.69, 9.17) is 10.5 Å². The highest BCUT2D eigenvalue weighted by molar-refractivity contribution is 5.46. The second-order valence-electron chi connectivity index (χ2n) is 3.76. The van der Waals surface area contributed by atoms with Gasteiger partial charge in [0.05, 0.1) is 18.8 Å². The molecule has 5 heteroatoms. The van der Waals surface area contributed by atoms with Crippen LogP contribution in [0.25, 0.3) is 0 Å². The van der Waals surface area contributed by atoms with Crippen molar-refractivity contribution in [1.29, 1.82) is 0 Å². The summed E-state index contributed by atoms with van der Waals surface area (Å²) < 4.78 is 18.1. The largest absolute Gasteiger partial charge is 0.383 e. The van der Waals surface area contributed by atoms with Crippen molar-refractivity contribution in [2.75, 3.05) is 25.7 Å². The van der Waals surface area contributed by atoms with Crippen molar-refractivity contribution in [1.82, 2.24) is 4.98 Å². The summed E-state index contributed by atoms with van der Waals surface area (Å²) in [6.07, 6.45) is 1.20. The molecule has 1 rings (SSSR count). The number of rotatable bonds is 5. The van der Waals surface area contributed by atoms with Gasteiger partial charge in [-0.15, -0.1) is 0 Å². The lowest BCUT2D eigenvalue weighted by Gasteiger charge is -2.27. The van der Waals surface area contributed by atoms with Crippen LogP contribution >= 0.6 is 0 Å². The van der Waals surface area contributed by atoms with E-state index in [1.807, 2.05) is 18.9 Å². The Bertz CT molecular complexity index is 346. The molecule has 0 amide bonds. The molecule has 0 saturated heterocycles. The summed E-state index contributed by atoms with van der Waals surface area (Å²) >= 11 is 0. The first-order chi connectivity index (χ1) is 7.60. The van der Waals surface area contributed by atoms with Gasteiger partial charge in [-0.25, -0.2) is 9.37 Å². The van der Waals surface area contributed by atoms with Crippen molar-refractivity contribution < 1.29 is 9.13 Å². The molecule has 90 valence electrons. The number of nitrogens with two attached hydrogens (primary N) is 1. The highest BCUT2D eigenvalue weighted by Crippen LogP contribution is 2.18. The lowest BCUT2D eigenvalue weighted by Crippen LogP contribution is -2.34. The summed E-state index contributed by atoms with van der Waals surface area (Å²) in [6, 6.07) is 1.58. The minimum absolute atomic E-state index is 0.160. The fraction of sp³-hybridized carbons (Fsp3) is 0.545. The average Bonchev–Trinajstić information content (AvgIpc) is 2.28. The molecule has 1 aromatic rings. The Kier molecular flexibility index (Phi) is 4.64. The molecule has 1 unspecified atom stereocenters. The number of pyridine rings is 1. The molecule has 0 aliphatic heterocycles. The van der Waals surface area contributed by atoms with Crippen molar-refractivity contribution in [2.24, 2.45) is 5.73 Å². The van der Waals surface area contributed by atoms with Gasteiger partial charge in [-0.3, -0.25) is 0 Å². The monoisotopic (exact) mass is 227 g/mol. The average molecular weight is 227 g/mol. The second-order valence-corrected chi connectivity index (χ2v) is 3.76. The Morgan fingerprint density at radius 1 is 1.62 bits per heavy atom. The van der Waals surface area contributed by atoms with Crippen LogP contribution in [0.3, 0.4) is 0 Å². The molecular formula is C11H18FN3O. The molecule has 0 spiro atoms. The van der Waals surface area contributed by atoms with Crippen LogP contribution in [0.4, 0.5) is 10.2 Å². The summed E-state index contributed by atoms with van der Waals surface area (Å²) in [5, 5.41) is 0. The van der Waals surface area contributed by atoms with Crippen LogP contribution < -0.4 is 10.6 Å². The Balaban J connectivity index is 2.93. The smallest absolute Gasteiger partial charge is 0.141 e. The molecule has 0 bridgehead atoms. The highest BCUT2D eigenvalue weighted by atomic mass is 19.1. The van der Waals surface area contributed by atoms with Crippen LogP contribution in [0.2, 0.25) is 0 Å². The molecule has 0 radical (unpaired) electrons. The van der Waals surface area contributed by atoms with E-state index in [1.54, 1.807) is 7.11 Å². The van der Waals surface area contributed by atoms with E-state index in [1.165, 1.54) is 12.3 Å². The maximum Gasteiger partial charge on any atom is 0.141 e. The number of halogens is 1. The van der Waals surface area contributed by atoms with E-state index in [9.17, 15) is 4.39 Å². The molecule has 4 nitrogen and oxygen atoms in total. The zero-order chi connectivity index (χ0) is 12.1. The summed E-state index contributed by atoms with van der Waals surface area (Å²) in [5.41, 5.74) is 6.27. The second kappa shape index (κ2) is 5.77. The van der Waals surface area contributed by atoms with Crippen molar-refractivity contribution in [3.05, 3.63) is 23.6 Å². The van der Waals surface area contributed by atoms with Crippen LogP contribution in [0.5, 0.6) is 0 Å². The summed E-state index contributed by atoms with van der Waals surface area (Å²) in [7, 11) is 3.54. The number of anilines is 1. The van der Waals surface area contributed by atoms with Gasteiger partial charge in [0, 0.05) is 26.3 Å². The van der Waals surface area contributed by atoms with Crippen LogP contribution in [0.15, 0.2) is 12.3 Å². The van der Waals surface area contributed by atoms with Crippen molar-refractivity contribution >= 4 is 5.82 Å². The molecule has 2 N–H and O–H groups in total. The Hall–Kier alpha value is -1.20.